The van der Waals surface area contributed by atoms with Gasteiger partial charge in [0.15, 0.2) is 0 Å². The predicted molar refractivity (Wildman–Crippen MR) is 136 cm³/mol. The van der Waals surface area contributed by atoms with E-state index in [9.17, 15) is 13.2 Å². The lowest BCUT2D eigenvalue weighted by molar-refractivity contribution is -0.114. The number of rotatable bonds is 7. The second-order valence-electron chi connectivity index (χ2n) is 7.75. The molecule has 0 bridgehead atoms. The number of amides is 1. The van der Waals surface area contributed by atoms with Crippen LogP contribution in [0.15, 0.2) is 89.8 Å². The third-order valence-corrected chi connectivity index (χ3v) is 7.44. The molecule has 0 spiro atoms. The summed E-state index contributed by atoms with van der Waals surface area (Å²) in [7, 11) is -2.59. The highest BCUT2D eigenvalue weighted by molar-refractivity contribution is 7.92. The van der Waals surface area contributed by atoms with Crippen molar-refractivity contribution in [3.63, 3.8) is 0 Å². The Kier molecular flexibility index (Phi) is 6.77. The molecule has 0 aliphatic carbocycles. The fraction of sp³-hybridized carbons (Fsp3) is 0.115. The van der Waals surface area contributed by atoms with Gasteiger partial charge in [-0.25, -0.2) is 8.42 Å². The van der Waals surface area contributed by atoms with Crippen LogP contribution in [-0.4, -0.2) is 28.0 Å². The number of benzene rings is 4. The average molecular weight is 495 g/mol. The van der Waals surface area contributed by atoms with E-state index >= 15 is 0 Å². The van der Waals surface area contributed by atoms with Crippen LogP contribution in [0, 0.1) is 6.92 Å². The van der Waals surface area contributed by atoms with E-state index in [1.54, 1.807) is 30.3 Å². The van der Waals surface area contributed by atoms with Crippen molar-refractivity contribution in [2.45, 2.75) is 11.8 Å². The van der Waals surface area contributed by atoms with Crippen molar-refractivity contribution in [2.24, 2.45) is 0 Å². The number of carbonyl (C=O) groups excluding carboxylic acids is 1. The summed E-state index contributed by atoms with van der Waals surface area (Å²) in [5.41, 5.74) is 1.75. The van der Waals surface area contributed by atoms with Crippen LogP contribution in [0.1, 0.15) is 5.56 Å². The molecule has 0 unspecified atom stereocenters. The number of nitrogens with zero attached hydrogens (tertiary/aromatic N) is 1. The number of methoxy groups -OCH3 is 1. The Labute approximate surface area is 203 Å². The summed E-state index contributed by atoms with van der Waals surface area (Å²) < 4.78 is 33.3. The molecule has 1 amide bonds. The molecule has 174 valence electrons. The first kappa shape index (κ1) is 23.6. The third kappa shape index (κ3) is 5.00. The second-order valence-corrected chi connectivity index (χ2v) is 10.0. The van der Waals surface area contributed by atoms with Crippen LogP contribution in [0.3, 0.4) is 0 Å². The normalized spacial score (nSPS) is 11.3. The van der Waals surface area contributed by atoms with Gasteiger partial charge in [0, 0.05) is 5.69 Å². The maximum Gasteiger partial charge on any atom is 0.264 e. The summed E-state index contributed by atoms with van der Waals surface area (Å²) in [4.78, 5) is 13.1. The molecule has 4 aromatic rings. The van der Waals surface area contributed by atoms with Gasteiger partial charge in [-0.3, -0.25) is 9.10 Å². The van der Waals surface area contributed by atoms with E-state index in [4.69, 9.17) is 16.3 Å². The number of anilines is 2. The van der Waals surface area contributed by atoms with E-state index in [-0.39, 0.29) is 15.6 Å². The minimum Gasteiger partial charge on any atom is -0.495 e. The molecule has 8 heteroatoms. The van der Waals surface area contributed by atoms with Crippen LogP contribution in [0.2, 0.25) is 5.02 Å². The topological polar surface area (TPSA) is 75.7 Å². The standard InChI is InChI=1S/C26H23ClN2O4S/c1-18-7-12-23(13-8-18)34(31,32)29(22-11-14-25(33-2)24(27)16-22)17-26(30)28-21-10-9-19-5-3-4-6-20(19)15-21/h3-16H,17H2,1-2H3,(H,28,30). The van der Waals surface area contributed by atoms with Crippen LogP contribution >= 0.6 is 11.6 Å². The molecule has 1 N–H and O–H groups in total. The highest BCUT2D eigenvalue weighted by Gasteiger charge is 2.28. The number of ether oxygens (including phenoxy) is 1. The summed E-state index contributed by atoms with van der Waals surface area (Å²) in [6, 6.07) is 24.3. The van der Waals surface area contributed by atoms with E-state index in [0.717, 1.165) is 20.6 Å². The third-order valence-electron chi connectivity index (χ3n) is 5.35. The van der Waals surface area contributed by atoms with Crippen LogP contribution in [-0.2, 0) is 14.8 Å². The summed E-state index contributed by atoms with van der Waals surface area (Å²) in [6.07, 6.45) is 0. The largest absolute Gasteiger partial charge is 0.495 e. The van der Waals surface area contributed by atoms with Gasteiger partial charge in [-0.05, 0) is 60.2 Å². The van der Waals surface area contributed by atoms with Crippen molar-refractivity contribution < 1.29 is 17.9 Å². The Balaban J connectivity index is 1.67. The Hall–Kier alpha value is -3.55. The second kappa shape index (κ2) is 9.75. The molecule has 0 heterocycles. The molecule has 0 saturated heterocycles. The Bertz CT molecular complexity index is 1450. The zero-order valence-electron chi connectivity index (χ0n) is 18.7. The summed E-state index contributed by atoms with van der Waals surface area (Å²) >= 11 is 6.27. The van der Waals surface area contributed by atoms with Crippen LogP contribution in [0.25, 0.3) is 10.8 Å². The highest BCUT2D eigenvalue weighted by Crippen LogP contribution is 2.32. The maximum absolute atomic E-state index is 13.5. The molecule has 0 aliphatic rings. The number of aryl methyl sites for hydroxylation is 1. The van der Waals surface area contributed by atoms with Gasteiger partial charge in [0.05, 0.1) is 22.7 Å². The smallest absolute Gasteiger partial charge is 0.264 e. The molecule has 6 nitrogen and oxygen atoms in total. The number of halogens is 1. The first-order chi connectivity index (χ1) is 16.3. The van der Waals surface area contributed by atoms with E-state index in [1.807, 2.05) is 43.3 Å². The van der Waals surface area contributed by atoms with Gasteiger partial charge in [-0.1, -0.05) is 59.6 Å². The van der Waals surface area contributed by atoms with Gasteiger partial charge in [-0.15, -0.1) is 0 Å². The van der Waals surface area contributed by atoms with E-state index in [0.29, 0.717) is 11.4 Å². The lowest BCUT2D eigenvalue weighted by Crippen LogP contribution is -2.38. The van der Waals surface area contributed by atoms with Gasteiger partial charge in [0.2, 0.25) is 5.91 Å². The Morgan fingerprint density at radius 3 is 2.32 bits per heavy atom. The number of nitrogens with one attached hydrogen (secondary N) is 1. The number of carbonyl (C=O) groups is 1. The molecular formula is C26H23ClN2O4S. The predicted octanol–water partition coefficient (Wildman–Crippen LogP) is 5.64. The lowest BCUT2D eigenvalue weighted by Gasteiger charge is -2.24. The monoisotopic (exact) mass is 494 g/mol. The minimum atomic E-state index is -4.06. The van der Waals surface area contributed by atoms with Gasteiger partial charge in [0.25, 0.3) is 10.0 Å². The molecule has 0 aromatic heterocycles. The first-order valence-corrected chi connectivity index (χ1v) is 12.3. The SMILES string of the molecule is COc1ccc(N(CC(=O)Nc2ccc3ccccc3c2)S(=O)(=O)c2ccc(C)cc2)cc1Cl. The summed E-state index contributed by atoms with van der Waals surface area (Å²) in [5.74, 6) is -0.0865. The van der Waals surface area contributed by atoms with Gasteiger partial charge in [0.1, 0.15) is 12.3 Å². The fourth-order valence-electron chi connectivity index (χ4n) is 3.56. The van der Waals surface area contributed by atoms with Gasteiger partial charge in [-0.2, -0.15) is 0 Å². The molecule has 0 aliphatic heterocycles. The molecule has 0 atom stereocenters. The molecule has 0 saturated carbocycles. The quantitative estimate of drug-likeness (QED) is 0.360. The van der Waals surface area contributed by atoms with Crippen LogP contribution < -0.4 is 14.4 Å². The lowest BCUT2D eigenvalue weighted by atomic mass is 10.1. The summed E-state index contributed by atoms with van der Waals surface area (Å²) in [5, 5.41) is 5.04. The van der Waals surface area contributed by atoms with Crippen molar-refractivity contribution in [2.75, 3.05) is 23.3 Å². The van der Waals surface area contributed by atoms with E-state index in [2.05, 4.69) is 5.32 Å². The van der Waals surface area contributed by atoms with Crippen LogP contribution in [0.5, 0.6) is 5.75 Å². The number of sulfonamides is 1. The van der Waals surface area contributed by atoms with Crippen molar-refractivity contribution >= 4 is 49.7 Å². The first-order valence-electron chi connectivity index (χ1n) is 10.5. The molecule has 0 radical (unpaired) electrons. The number of hydrogen-bond donors (Lipinski definition) is 1. The number of fused-ring (bicyclic) bond motifs is 1. The van der Waals surface area contributed by atoms with Crippen LogP contribution in [0.4, 0.5) is 11.4 Å². The maximum atomic E-state index is 13.5. The van der Waals surface area contributed by atoms with Crippen molar-refractivity contribution in [1.82, 2.24) is 0 Å². The molecular weight excluding hydrogens is 472 g/mol. The Morgan fingerprint density at radius 2 is 1.65 bits per heavy atom. The van der Waals surface area contributed by atoms with Crippen molar-refractivity contribution in [3.05, 3.63) is 95.5 Å². The van der Waals surface area contributed by atoms with E-state index in [1.165, 1.54) is 25.3 Å². The average Bonchev–Trinajstić information content (AvgIpc) is 2.82. The minimum absolute atomic E-state index is 0.0727. The van der Waals surface area contributed by atoms with Gasteiger partial charge >= 0.3 is 0 Å². The van der Waals surface area contributed by atoms with Crippen molar-refractivity contribution in [1.29, 1.82) is 0 Å². The molecule has 4 rings (SSSR count). The van der Waals surface area contributed by atoms with Gasteiger partial charge < -0.3 is 10.1 Å². The highest BCUT2D eigenvalue weighted by atomic mass is 35.5. The Morgan fingerprint density at radius 1 is 0.941 bits per heavy atom. The van der Waals surface area contributed by atoms with Crippen molar-refractivity contribution in [3.8, 4) is 5.75 Å². The fourth-order valence-corrected chi connectivity index (χ4v) is 5.23. The summed E-state index contributed by atoms with van der Waals surface area (Å²) in [6.45, 7) is 1.43. The zero-order valence-corrected chi connectivity index (χ0v) is 20.2. The molecule has 4 aromatic carbocycles. The molecule has 34 heavy (non-hydrogen) atoms. The number of hydrogen-bond acceptors (Lipinski definition) is 4. The zero-order chi connectivity index (χ0) is 24.3. The molecule has 0 fully saturated rings. The van der Waals surface area contributed by atoms with E-state index < -0.39 is 22.5 Å².